The molecule has 1 rings (SSSR count). The van der Waals surface area contributed by atoms with E-state index in [1.54, 1.807) is 0 Å². The number of hydrogen-bond acceptors (Lipinski definition) is 4. The molecule has 1 aromatic rings. The van der Waals surface area contributed by atoms with Gasteiger partial charge in [-0.2, -0.15) is 0 Å². The normalized spacial score (nSPS) is 12.8. The number of aliphatic carboxylic acids is 2. The molecule has 116 valence electrons. The number of aliphatic hydroxyl groups excluding tert-OH is 1. The Morgan fingerprint density at radius 1 is 1.24 bits per heavy atom. The third-order valence-corrected chi connectivity index (χ3v) is 2.48. The molecule has 0 bridgehead atoms. The molecule has 9 heteroatoms. The molecule has 0 fully saturated rings. The van der Waals surface area contributed by atoms with Gasteiger partial charge in [-0.15, -0.1) is 13.2 Å². The number of carboxylic acids is 2. The van der Waals surface area contributed by atoms with Crippen molar-refractivity contribution < 1.29 is 42.8 Å². The van der Waals surface area contributed by atoms with E-state index < -0.39 is 42.1 Å². The first kappa shape index (κ1) is 16.8. The average Bonchev–Trinajstić information content (AvgIpc) is 2.34. The molecule has 6 nitrogen and oxygen atoms in total. The summed E-state index contributed by atoms with van der Waals surface area (Å²) in [7, 11) is 0. The standard InChI is InChI=1S/C12H11F3O6/c13-12(14,15)21-10-6(4-5-8(16)17)2-1-3-7(10)9(18)11(19)20/h1-3,9,18H,4-5H2,(H,16,17)(H,19,20). The Morgan fingerprint density at radius 2 is 1.86 bits per heavy atom. The van der Waals surface area contributed by atoms with Crippen molar-refractivity contribution in [2.75, 3.05) is 0 Å². The molecule has 0 radical (unpaired) electrons. The summed E-state index contributed by atoms with van der Waals surface area (Å²) in [6.45, 7) is 0. The Morgan fingerprint density at radius 3 is 2.33 bits per heavy atom. The largest absolute Gasteiger partial charge is 0.573 e. The summed E-state index contributed by atoms with van der Waals surface area (Å²) in [6, 6.07) is 3.34. The van der Waals surface area contributed by atoms with E-state index in [9.17, 15) is 27.9 Å². The highest BCUT2D eigenvalue weighted by atomic mass is 19.4. The molecule has 0 heterocycles. The van der Waals surface area contributed by atoms with E-state index >= 15 is 0 Å². The van der Waals surface area contributed by atoms with Gasteiger partial charge < -0.3 is 20.1 Å². The minimum Gasteiger partial charge on any atom is -0.481 e. The summed E-state index contributed by atoms with van der Waals surface area (Å²) in [5.41, 5.74) is -0.754. The monoisotopic (exact) mass is 308 g/mol. The van der Waals surface area contributed by atoms with Gasteiger partial charge in [-0.1, -0.05) is 18.2 Å². The quantitative estimate of drug-likeness (QED) is 0.739. The van der Waals surface area contributed by atoms with Gasteiger partial charge >= 0.3 is 18.3 Å². The van der Waals surface area contributed by atoms with Crippen LogP contribution in [0.4, 0.5) is 13.2 Å². The van der Waals surface area contributed by atoms with Crippen LogP contribution in [0.1, 0.15) is 23.7 Å². The Balaban J connectivity index is 3.26. The van der Waals surface area contributed by atoms with Crippen molar-refractivity contribution in [1.29, 1.82) is 0 Å². The minimum atomic E-state index is -5.10. The number of carboxylic acid groups (broad SMARTS) is 2. The predicted molar refractivity (Wildman–Crippen MR) is 61.7 cm³/mol. The fraction of sp³-hybridized carbons (Fsp3) is 0.333. The number of benzene rings is 1. The summed E-state index contributed by atoms with van der Waals surface area (Å²) in [6.07, 6.45) is -8.10. The molecule has 1 unspecified atom stereocenters. The van der Waals surface area contributed by atoms with Crippen molar-refractivity contribution in [3.05, 3.63) is 29.3 Å². The van der Waals surface area contributed by atoms with Crippen LogP contribution in [0, 0.1) is 0 Å². The first-order valence-corrected chi connectivity index (χ1v) is 5.62. The van der Waals surface area contributed by atoms with Gasteiger partial charge in [0.2, 0.25) is 0 Å². The van der Waals surface area contributed by atoms with Gasteiger partial charge in [-0.3, -0.25) is 4.79 Å². The Kier molecular flexibility index (Phi) is 5.14. The van der Waals surface area contributed by atoms with Crippen molar-refractivity contribution in [3.63, 3.8) is 0 Å². The maximum atomic E-state index is 12.4. The third-order valence-electron chi connectivity index (χ3n) is 2.48. The fourth-order valence-corrected chi connectivity index (χ4v) is 1.63. The van der Waals surface area contributed by atoms with E-state index in [0.29, 0.717) is 0 Å². The SMILES string of the molecule is O=C(O)CCc1cccc(C(O)C(=O)O)c1OC(F)(F)F. The number of rotatable bonds is 6. The van der Waals surface area contributed by atoms with Gasteiger partial charge in [0.1, 0.15) is 5.75 Å². The smallest absolute Gasteiger partial charge is 0.481 e. The van der Waals surface area contributed by atoms with Crippen LogP contribution in [0.5, 0.6) is 5.75 Å². The number of hydrogen-bond donors (Lipinski definition) is 3. The molecule has 0 saturated carbocycles. The van der Waals surface area contributed by atoms with Crippen LogP contribution in [-0.4, -0.2) is 33.6 Å². The van der Waals surface area contributed by atoms with Crippen LogP contribution in [0.15, 0.2) is 18.2 Å². The van der Waals surface area contributed by atoms with Gasteiger partial charge in [0.25, 0.3) is 0 Å². The zero-order chi connectivity index (χ0) is 16.2. The second kappa shape index (κ2) is 6.44. The zero-order valence-corrected chi connectivity index (χ0v) is 10.4. The van der Waals surface area contributed by atoms with Gasteiger partial charge in [0.05, 0.1) is 0 Å². The molecule has 0 saturated heterocycles. The molecule has 0 aliphatic carbocycles. The van der Waals surface area contributed by atoms with E-state index in [4.69, 9.17) is 10.2 Å². The topological polar surface area (TPSA) is 104 Å². The Bertz CT molecular complexity index is 540. The van der Waals surface area contributed by atoms with Gasteiger partial charge in [0, 0.05) is 12.0 Å². The van der Waals surface area contributed by atoms with E-state index in [0.717, 1.165) is 6.07 Å². The van der Waals surface area contributed by atoms with Gasteiger partial charge in [0.15, 0.2) is 6.10 Å². The second-order valence-electron chi connectivity index (χ2n) is 4.02. The number of para-hydroxylation sites is 1. The van der Waals surface area contributed by atoms with Gasteiger partial charge in [-0.05, 0) is 12.0 Å². The molecule has 0 aliphatic heterocycles. The van der Waals surface area contributed by atoms with Crippen molar-refractivity contribution in [2.24, 2.45) is 0 Å². The van der Waals surface area contributed by atoms with Crippen LogP contribution in [-0.2, 0) is 16.0 Å². The lowest BCUT2D eigenvalue weighted by atomic mass is 10.0. The van der Waals surface area contributed by atoms with Crippen molar-refractivity contribution in [3.8, 4) is 5.75 Å². The molecule has 21 heavy (non-hydrogen) atoms. The number of aryl methyl sites for hydroxylation is 1. The summed E-state index contributed by atoms with van der Waals surface area (Å²) in [5.74, 6) is -3.88. The Hall–Kier alpha value is -2.29. The van der Waals surface area contributed by atoms with E-state index in [2.05, 4.69) is 4.74 Å². The molecular weight excluding hydrogens is 297 g/mol. The van der Waals surface area contributed by atoms with Crippen LogP contribution in [0.2, 0.25) is 0 Å². The molecule has 1 atom stereocenters. The minimum absolute atomic E-state index is 0.160. The average molecular weight is 308 g/mol. The molecular formula is C12H11F3O6. The highest BCUT2D eigenvalue weighted by Gasteiger charge is 2.35. The van der Waals surface area contributed by atoms with E-state index in [-0.39, 0.29) is 12.0 Å². The maximum absolute atomic E-state index is 12.4. The van der Waals surface area contributed by atoms with Crippen LogP contribution < -0.4 is 4.74 Å². The lowest BCUT2D eigenvalue weighted by Gasteiger charge is -2.18. The van der Waals surface area contributed by atoms with Crippen LogP contribution in [0.3, 0.4) is 0 Å². The van der Waals surface area contributed by atoms with Crippen LogP contribution in [0.25, 0.3) is 0 Å². The predicted octanol–water partition coefficient (Wildman–Crippen LogP) is 1.72. The molecule has 1 aromatic carbocycles. The first-order chi connectivity index (χ1) is 9.61. The van der Waals surface area contributed by atoms with Gasteiger partial charge in [-0.25, -0.2) is 4.79 Å². The molecule has 0 aliphatic rings. The fourth-order valence-electron chi connectivity index (χ4n) is 1.63. The lowest BCUT2D eigenvalue weighted by molar-refractivity contribution is -0.275. The number of ether oxygens (including phenoxy) is 1. The third kappa shape index (κ3) is 4.95. The maximum Gasteiger partial charge on any atom is 0.573 e. The number of halogens is 3. The summed E-state index contributed by atoms with van der Waals surface area (Å²) < 4.78 is 40.9. The molecule has 0 aromatic heterocycles. The second-order valence-corrected chi connectivity index (χ2v) is 4.02. The summed E-state index contributed by atoms with van der Waals surface area (Å²) >= 11 is 0. The number of alkyl halides is 3. The highest BCUT2D eigenvalue weighted by Crippen LogP contribution is 2.34. The summed E-state index contributed by atoms with van der Waals surface area (Å²) in [4.78, 5) is 21.2. The van der Waals surface area contributed by atoms with E-state index in [1.807, 2.05) is 0 Å². The van der Waals surface area contributed by atoms with Crippen LogP contribution >= 0.6 is 0 Å². The van der Waals surface area contributed by atoms with Crippen molar-refractivity contribution >= 4 is 11.9 Å². The molecule has 0 amide bonds. The van der Waals surface area contributed by atoms with E-state index in [1.165, 1.54) is 12.1 Å². The first-order valence-electron chi connectivity index (χ1n) is 5.62. The Labute approximate surface area is 116 Å². The molecule has 0 spiro atoms. The number of aliphatic hydroxyl groups is 1. The van der Waals surface area contributed by atoms with Crippen molar-refractivity contribution in [1.82, 2.24) is 0 Å². The lowest BCUT2D eigenvalue weighted by Crippen LogP contribution is -2.21. The summed E-state index contributed by atoms with van der Waals surface area (Å²) in [5, 5.41) is 26.7. The molecule has 3 N–H and O–H groups in total. The number of carbonyl (C=O) groups is 2. The highest BCUT2D eigenvalue weighted by molar-refractivity contribution is 5.75. The van der Waals surface area contributed by atoms with Crippen molar-refractivity contribution in [2.45, 2.75) is 25.3 Å². The zero-order valence-electron chi connectivity index (χ0n) is 10.4.